The Kier molecular flexibility index (Phi) is 4.49. The third-order valence-corrected chi connectivity index (χ3v) is 175. The van der Waals surface area contributed by atoms with E-state index >= 15 is 0 Å². The molecule has 0 saturated carbocycles. The Morgan fingerprint density at radius 3 is 0.833 bits per heavy atom. The summed E-state index contributed by atoms with van der Waals surface area (Å²) in [6.45, 7) is 16.5. The molecule has 1 aliphatic heterocycles. The first kappa shape index (κ1) is 13.1. The van der Waals surface area contributed by atoms with Gasteiger partial charge in [0.2, 0.25) is 0 Å². The molecule has 0 aromatic rings. The Labute approximate surface area is 105 Å². The molecular formula is C6H18Si3Te3. The Morgan fingerprint density at radius 1 is 0.500 bits per heavy atom. The van der Waals surface area contributed by atoms with Gasteiger partial charge in [-0.05, 0) is 0 Å². The Morgan fingerprint density at radius 2 is 0.667 bits per heavy atom. The minimum atomic E-state index is -0.445. The topological polar surface area (TPSA) is 0 Å². The van der Waals surface area contributed by atoms with E-state index in [-0.39, 0.29) is 0 Å². The second-order valence-corrected chi connectivity index (χ2v) is 106. The monoisotopic (exact) mass is 564 g/mol. The van der Waals surface area contributed by atoms with E-state index in [0.717, 1.165) is 0 Å². The van der Waals surface area contributed by atoms with E-state index in [1.54, 1.807) is 0 Å². The van der Waals surface area contributed by atoms with Crippen LogP contribution in [0, 0.1) is 0 Å². The van der Waals surface area contributed by atoms with Crippen LogP contribution in [0.3, 0.4) is 0 Å². The fourth-order valence-corrected chi connectivity index (χ4v) is 491. The molecule has 0 atom stereocenters. The summed E-state index contributed by atoms with van der Waals surface area (Å²) in [4.78, 5) is 0. The number of hydrogen-bond donors (Lipinski definition) is 0. The Balaban J connectivity index is 2.81. The second kappa shape index (κ2) is 4.12. The third-order valence-electron chi connectivity index (χ3n) is 1.47. The van der Waals surface area contributed by atoms with Gasteiger partial charge in [-0.3, -0.25) is 0 Å². The van der Waals surface area contributed by atoms with Crippen LogP contribution in [0.25, 0.3) is 0 Å². The van der Waals surface area contributed by atoms with Crippen molar-refractivity contribution < 1.29 is 0 Å². The maximum atomic E-state index is 2.76. The predicted octanol–water partition coefficient (Wildman–Crippen LogP) is 1.22. The molecule has 1 aliphatic rings. The molecule has 1 heterocycles. The normalized spacial score (nSPS) is 31.5. The van der Waals surface area contributed by atoms with Gasteiger partial charge in [-0.2, -0.15) is 0 Å². The molecule has 1 rings (SSSR count). The van der Waals surface area contributed by atoms with Gasteiger partial charge in [0.15, 0.2) is 0 Å². The first-order valence-corrected chi connectivity index (χ1v) is 33.6. The summed E-state index contributed by atoms with van der Waals surface area (Å²) in [6.07, 6.45) is 0. The van der Waals surface area contributed by atoms with E-state index in [1.165, 1.54) is 0 Å². The molecular weight excluding hydrogens is 539 g/mol. The SMILES string of the molecule is C[Si]1(C)[Te][Si](C)(C)[Te][Si](C)(C)[Te]1. The quantitative estimate of drug-likeness (QED) is 0.394. The fraction of sp³-hybridized carbons (Fsp3) is 1.00. The summed E-state index contributed by atoms with van der Waals surface area (Å²) in [6, 6.07) is 0. The van der Waals surface area contributed by atoms with Crippen molar-refractivity contribution in [1.29, 1.82) is 0 Å². The van der Waals surface area contributed by atoms with Gasteiger partial charge in [-0.15, -0.1) is 0 Å². The van der Waals surface area contributed by atoms with Crippen LogP contribution < -0.4 is 0 Å². The first-order chi connectivity index (χ1) is 5.12. The molecule has 12 heavy (non-hydrogen) atoms. The molecule has 0 nitrogen and oxygen atoms in total. The van der Waals surface area contributed by atoms with Gasteiger partial charge >= 0.3 is 107 Å². The Bertz CT molecular complexity index is 145. The molecule has 0 unspecified atom stereocenters. The standard InChI is InChI=1S/C6H18Si3Te3/c1-7(2)10-8(3,4)12-9(5,6)11-7/h1-6H3. The van der Waals surface area contributed by atoms with Crippen LogP contribution in [0.5, 0.6) is 0 Å². The molecule has 0 radical (unpaired) electrons. The van der Waals surface area contributed by atoms with E-state index in [2.05, 4.69) is 39.3 Å². The molecule has 1 fully saturated rings. The molecule has 0 aromatic carbocycles. The molecule has 0 aliphatic carbocycles. The van der Waals surface area contributed by atoms with Gasteiger partial charge in [0.25, 0.3) is 0 Å². The zero-order valence-corrected chi connectivity index (χ0v) is 18.7. The molecule has 0 bridgehead atoms. The number of hydrogen-bond acceptors (Lipinski definition) is 0. The zero-order valence-electron chi connectivity index (χ0n) is 8.72. The van der Waals surface area contributed by atoms with Gasteiger partial charge in [-0.25, -0.2) is 0 Å². The van der Waals surface area contributed by atoms with E-state index < -0.39 is 9.51 Å². The Hall–Kier alpha value is 3.02. The summed E-state index contributed by atoms with van der Waals surface area (Å²) in [5, 5.41) is 0. The average Bonchev–Trinajstić information content (AvgIpc) is 1.44. The molecule has 6 heteroatoms. The molecule has 1 saturated heterocycles. The van der Waals surface area contributed by atoms with Crippen molar-refractivity contribution in [2.75, 3.05) is 0 Å². The third kappa shape index (κ3) is 4.26. The fourth-order valence-electron chi connectivity index (χ4n) is 1.84. The summed E-state index contributed by atoms with van der Waals surface area (Å²) >= 11 is 1.82. The van der Waals surface area contributed by atoms with Crippen LogP contribution in [0.15, 0.2) is 0 Å². The molecule has 0 amide bonds. The van der Waals surface area contributed by atoms with Crippen LogP contribution in [0.4, 0.5) is 0 Å². The van der Waals surface area contributed by atoms with Crippen LogP contribution in [0.1, 0.15) is 0 Å². The first-order valence-electron chi connectivity index (χ1n) is 4.22. The van der Waals surface area contributed by atoms with Gasteiger partial charge in [0.05, 0.1) is 0 Å². The van der Waals surface area contributed by atoms with Gasteiger partial charge in [0.1, 0.15) is 0 Å². The summed E-state index contributed by atoms with van der Waals surface area (Å²) in [5.41, 5.74) is 0. The van der Waals surface area contributed by atoms with Crippen LogP contribution in [-0.4, -0.2) is 67.6 Å². The maximum absolute atomic E-state index is 2.76. The van der Waals surface area contributed by atoms with Crippen molar-refractivity contribution in [1.82, 2.24) is 0 Å². The minimum absolute atomic E-state index is 0.445. The van der Waals surface area contributed by atoms with Crippen molar-refractivity contribution in [2.45, 2.75) is 39.3 Å². The van der Waals surface area contributed by atoms with Crippen molar-refractivity contribution in [3.8, 4) is 0 Å². The average molecular weight is 557 g/mol. The van der Waals surface area contributed by atoms with Gasteiger partial charge in [-0.1, -0.05) is 0 Å². The van der Waals surface area contributed by atoms with Crippen molar-refractivity contribution in [3.63, 3.8) is 0 Å². The van der Waals surface area contributed by atoms with E-state index in [0.29, 0.717) is 58.0 Å². The molecule has 0 spiro atoms. The van der Waals surface area contributed by atoms with Gasteiger partial charge in [0, 0.05) is 0 Å². The van der Waals surface area contributed by atoms with Crippen LogP contribution in [-0.2, 0) is 0 Å². The summed E-state index contributed by atoms with van der Waals surface area (Å²) < 4.78 is -1.34. The van der Waals surface area contributed by atoms with Crippen LogP contribution in [0.2, 0.25) is 39.3 Å². The van der Waals surface area contributed by atoms with E-state index in [4.69, 9.17) is 0 Å². The van der Waals surface area contributed by atoms with Gasteiger partial charge < -0.3 is 0 Å². The van der Waals surface area contributed by atoms with Crippen molar-refractivity contribution in [3.05, 3.63) is 0 Å². The zero-order chi connectivity index (χ0) is 9.62. The number of rotatable bonds is 0. The van der Waals surface area contributed by atoms with Crippen molar-refractivity contribution in [2.24, 2.45) is 0 Å². The molecule has 72 valence electrons. The molecule has 0 N–H and O–H groups in total. The summed E-state index contributed by atoms with van der Waals surface area (Å²) in [7, 11) is 0. The van der Waals surface area contributed by atoms with Crippen molar-refractivity contribution >= 4 is 67.6 Å². The van der Waals surface area contributed by atoms with E-state index in [9.17, 15) is 0 Å². The predicted molar refractivity (Wildman–Crippen MR) is 69.7 cm³/mol. The molecule has 0 aromatic heterocycles. The summed E-state index contributed by atoms with van der Waals surface area (Å²) in [5.74, 6) is 0. The second-order valence-electron chi connectivity index (χ2n) is 4.51. The van der Waals surface area contributed by atoms with E-state index in [1.807, 2.05) is 0 Å². The van der Waals surface area contributed by atoms with Crippen LogP contribution >= 0.6 is 0 Å².